The van der Waals surface area contributed by atoms with Gasteiger partial charge in [0.25, 0.3) is 0 Å². The van der Waals surface area contributed by atoms with Gasteiger partial charge in [0.05, 0.1) is 17.9 Å². The van der Waals surface area contributed by atoms with E-state index in [1.54, 1.807) is 0 Å². The van der Waals surface area contributed by atoms with Gasteiger partial charge in [-0.2, -0.15) is 0 Å². The second-order valence-electron chi connectivity index (χ2n) is 12.3. The zero-order chi connectivity index (χ0) is 40.0. The van der Waals surface area contributed by atoms with Gasteiger partial charge in [-0.25, -0.2) is 35.1 Å². The van der Waals surface area contributed by atoms with E-state index < -0.39 is 64.4 Å². The van der Waals surface area contributed by atoms with Crippen LogP contribution in [0.4, 0.5) is 35.1 Å². The molecule has 0 bridgehead atoms. The number of rotatable bonds is 0. The summed E-state index contributed by atoms with van der Waals surface area (Å²) in [5.41, 5.74) is 0. The molecule has 10 rings (SSSR count). The van der Waals surface area contributed by atoms with Crippen LogP contribution >= 0.6 is 63.7 Å². The van der Waals surface area contributed by atoms with Gasteiger partial charge in [0.15, 0.2) is 46.5 Å². The van der Waals surface area contributed by atoms with Crippen molar-refractivity contribution in [2.45, 2.75) is 0 Å². The van der Waals surface area contributed by atoms with Crippen LogP contribution in [-0.4, -0.2) is 0 Å². The second-order valence-corrected chi connectivity index (χ2v) is 15.5. The summed E-state index contributed by atoms with van der Waals surface area (Å²) >= 11 is 9.71. The Labute approximate surface area is 346 Å². The van der Waals surface area contributed by atoms with Crippen molar-refractivity contribution in [1.29, 1.82) is 0 Å². The lowest BCUT2D eigenvalue weighted by Gasteiger charge is -2.09. The fraction of sp³-hybridized carbons (Fsp3) is 0. The third-order valence-corrected chi connectivity index (χ3v) is 11.9. The van der Waals surface area contributed by atoms with Gasteiger partial charge in [-0.15, -0.1) is 0 Å². The van der Waals surface area contributed by atoms with Crippen LogP contribution in [0, 0.1) is 46.5 Å². The highest BCUT2D eigenvalue weighted by Crippen LogP contribution is 2.36. The van der Waals surface area contributed by atoms with Gasteiger partial charge in [-0.3, -0.25) is 0 Å². The van der Waals surface area contributed by atoms with Crippen LogP contribution in [0.15, 0.2) is 139 Å². The summed E-state index contributed by atoms with van der Waals surface area (Å²) in [5.74, 6) is -12.1. The van der Waals surface area contributed by atoms with E-state index in [1.165, 1.54) is 64.6 Å². The molecule has 12 heteroatoms. The predicted octanol–water partition coefficient (Wildman–Crippen LogP) is 16.7. The number of benzene rings is 10. The molecule has 10 aromatic carbocycles. The third kappa shape index (κ3) is 7.21. The SMILES string of the molecule is Fc1c(F)c(Br)c(F)c(Br)c1F.Fc1c(F)c(Br)c(F)c(Br)c1F.c1cc2ccc3cccc4ccc(c1)c2c34.c1cc2ccc3cccc4ccc(c1)c2c34. The molecule has 0 aliphatic carbocycles. The fourth-order valence-corrected chi connectivity index (χ4v) is 8.52. The monoisotopic (exact) mass is 1020 g/mol. The van der Waals surface area contributed by atoms with E-state index >= 15 is 0 Å². The summed E-state index contributed by atoms with van der Waals surface area (Å²) in [6, 6.07) is 43.7. The molecule has 280 valence electrons. The first-order chi connectivity index (χ1) is 26.8. The van der Waals surface area contributed by atoms with Crippen molar-refractivity contribution in [1.82, 2.24) is 0 Å². The molecule has 0 nitrogen and oxygen atoms in total. The Morgan fingerprint density at radius 1 is 0.214 bits per heavy atom. The van der Waals surface area contributed by atoms with Crippen LogP contribution in [-0.2, 0) is 0 Å². The van der Waals surface area contributed by atoms with E-state index in [2.05, 4.69) is 185 Å². The van der Waals surface area contributed by atoms with Crippen molar-refractivity contribution in [3.8, 4) is 0 Å². The van der Waals surface area contributed by atoms with Crippen LogP contribution in [0.25, 0.3) is 64.6 Å². The van der Waals surface area contributed by atoms with Crippen molar-refractivity contribution in [2.75, 3.05) is 0 Å². The standard InChI is InChI=1S/2C16H10.2C6Br2F4/c2*1-3-11-7-9-13-5-2-6-14-10-8-12(4-1)15(11)16(13)14;2*7-1-3(9)2(8)5(11)6(12)4(1)10/h2*1-10H;;. The minimum absolute atomic E-state index is 0.728. The summed E-state index contributed by atoms with van der Waals surface area (Å²) in [6.45, 7) is 0. The fourth-order valence-electron chi connectivity index (χ4n) is 6.50. The predicted molar refractivity (Wildman–Crippen MR) is 224 cm³/mol. The lowest BCUT2D eigenvalue weighted by atomic mass is 9.95. The van der Waals surface area contributed by atoms with Gasteiger partial charge in [0.2, 0.25) is 0 Å². The molecule has 0 atom stereocenters. The Bertz CT molecular complexity index is 2400. The first-order valence-electron chi connectivity index (χ1n) is 16.4. The van der Waals surface area contributed by atoms with Gasteiger partial charge in [-0.1, -0.05) is 121 Å². The topological polar surface area (TPSA) is 0 Å². The highest BCUT2D eigenvalue weighted by Gasteiger charge is 2.23. The van der Waals surface area contributed by atoms with Gasteiger partial charge >= 0.3 is 0 Å². The Kier molecular flexibility index (Phi) is 11.6. The molecule has 0 aliphatic heterocycles. The molecule has 0 spiro atoms. The van der Waals surface area contributed by atoms with Crippen molar-refractivity contribution in [3.05, 3.63) is 186 Å². The van der Waals surface area contributed by atoms with E-state index in [0.717, 1.165) is 0 Å². The van der Waals surface area contributed by atoms with Crippen LogP contribution in [0.3, 0.4) is 0 Å². The summed E-state index contributed by atoms with van der Waals surface area (Å²) in [6.07, 6.45) is 0. The molecule has 0 radical (unpaired) electrons. The molecule has 0 N–H and O–H groups in total. The molecule has 10 aromatic rings. The van der Waals surface area contributed by atoms with E-state index in [0.29, 0.717) is 0 Å². The highest BCUT2D eigenvalue weighted by molar-refractivity contribution is 9.11. The Balaban J connectivity index is 0.000000116. The normalized spacial score (nSPS) is 11.2. The minimum Gasteiger partial charge on any atom is -0.204 e. The first-order valence-corrected chi connectivity index (χ1v) is 19.6. The Morgan fingerprint density at radius 2 is 0.375 bits per heavy atom. The maximum atomic E-state index is 12.7. The summed E-state index contributed by atoms with van der Waals surface area (Å²) in [7, 11) is 0. The van der Waals surface area contributed by atoms with E-state index in [-0.39, 0.29) is 0 Å². The first kappa shape index (κ1) is 39.9. The highest BCUT2D eigenvalue weighted by atomic mass is 79.9. The molecule has 0 aliphatic rings. The second kappa shape index (κ2) is 16.2. The number of hydrogen-bond donors (Lipinski definition) is 0. The van der Waals surface area contributed by atoms with Crippen LogP contribution in [0.2, 0.25) is 0 Å². The van der Waals surface area contributed by atoms with Gasteiger partial charge in [-0.05, 0) is 128 Å². The molecular formula is C44H20Br4F8. The maximum Gasteiger partial charge on any atom is 0.196 e. The summed E-state index contributed by atoms with van der Waals surface area (Å²) in [4.78, 5) is 0. The molecule has 0 fully saturated rings. The van der Waals surface area contributed by atoms with Crippen LogP contribution in [0.5, 0.6) is 0 Å². The molecule has 56 heavy (non-hydrogen) atoms. The molecule has 0 aromatic heterocycles. The third-order valence-electron chi connectivity index (χ3n) is 9.10. The quantitative estimate of drug-likeness (QED) is 0.0615. The molecular weight excluding hydrogens is 1000 g/mol. The van der Waals surface area contributed by atoms with Crippen LogP contribution < -0.4 is 0 Å². The molecule has 0 unspecified atom stereocenters. The zero-order valence-electron chi connectivity index (χ0n) is 28.1. The minimum atomic E-state index is -1.71. The zero-order valence-corrected chi connectivity index (χ0v) is 34.4. The average molecular weight is 1020 g/mol. The van der Waals surface area contributed by atoms with Crippen molar-refractivity contribution >= 4 is 128 Å². The summed E-state index contributed by atoms with van der Waals surface area (Å²) in [5, 5.41) is 16.3. The van der Waals surface area contributed by atoms with Gasteiger partial charge in [0.1, 0.15) is 0 Å². The smallest absolute Gasteiger partial charge is 0.196 e. The van der Waals surface area contributed by atoms with E-state index in [4.69, 9.17) is 0 Å². The van der Waals surface area contributed by atoms with Gasteiger partial charge < -0.3 is 0 Å². The van der Waals surface area contributed by atoms with Crippen molar-refractivity contribution in [2.24, 2.45) is 0 Å². The Morgan fingerprint density at radius 3 is 0.536 bits per heavy atom. The lowest BCUT2D eigenvalue weighted by molar-refractivity contribution is 0.424. The van der Waals surface area contributed by atoms with Gasteiger partial charge in [0, 0.05) is 0 Å². The Hall–Kier alpha value is -4.36. The molecule has 0 amide bonds. The lowest BCUT2D eigenvalue weighted by Crippen LogP contribution is -1.97. The molecule has 0 heterocycles. The molecule has 0 saturated carbocycles. The average Bonchev–Trinajstić information content (AvgIpc) is 3.24. The number of hydrogen-bond acceptors (Lipinski definition) is 0. The molecule has 0 saturated heterocycles. The number of halogens is 12. The maximum absolute atomic E-state index is 12.7. The van der Waals surface area contributed by atoms with E-state index in [9.17, 15) is 35.1 Å². The van der Waals surface area contributed by atoms with E-state index in [1.807, 2.05) is 0 Å². The summed E-state index contributed by atoms with van der Waals surface area (Å²) < 4.78 is 97.4. The van der Waals surface area contributed by atoms with Crippen molar-refractivity contribution < 1.29 is 35.1 Å². The largest absolute Gasteiger partial charge is 0.204 e. The van der Waals surface area contributed by atoms with Crippen LogP contribution in [0.1, 0.15) is 0 Å². The van der Waals surface area contributed by atoms with Crippen molar-refractivity contribution in [3.63, 3.8) is 0 Å².